The Hall–Kier alpha value is -2.89. The van der Waals surface area contributed by atoms with Gasteiger partial charge in [0.1, 0.15) is 5.82 Å². The molecule has 1 aliphatic rings. The van der Waals surface area contributed by atoms with E-state index in [4.69, 9.17) is 0 Å². The number of aryl methyl sites for hydroxylation is 1. The molecule has 9 nitrogen and oxygen atoms in total. The summed E-state index contributed by atoms with van der Waals surface area (Å²) in [6.45, 7) is 4.00. The first-order valence-electron chi connectivity index (χ1n) is 11.8. The van der Waals surface area contributed by atoms with Gasteiger partial charge in [-0.1, -0.05) is 12.1 Å². The van der Waals surface area contributed by atoms with E-state index in [1.54, 1.807) is 24.4 Å². The predicted molar refractivity (Wildman–Crippen MR) is 151 cm³/mol. The van der Waals surface area contributed by atoms with Crippen molar-refractivity contribution < 1.29 is 8.42 Å². The molecule has 1 aromatic heterocycles. The lowest BCUT2D eigenvalue weighted by Crippen LogP contribution is -2.28. The number of aromatic nitrogens is 2. The van der Waals surface area contributed by atoms with Crippen molar-refractivity contribution in [3.05, 3.63) is 58.7 Å². The van der Waals surface area contributed by atoms with Gasteiger partial charge >= 0.3 is 0 Å². The molecule has 1 saturated carbocycles. The third kappa shape index (κ3) is 6.65. The minimum Gasteiger partial charge on any atom is -0.373 e. The molecule has 0 saturated heterocycles. The number of para-hydroxylation sites is 2. The highest BCUT2D eigenvalue weighted by molar-refractivity contribution is 9.10. The number of nitrogens with zero attached hydrogens (tertiary/aromatic N) is 4. The van der Waals surface area contributed by atoms with Crippen LogP contribution in [0.2, 0.25) is 0 Å². The standard InChI is InChI=1S/C25H32BrN7O2S/c1-17-15-18(9-12-23(17)33(4)14-13-32(2)3)28-25-27-16-20(26)24(30-25)29-21-7-5-6-8-22(21)31-36(34,35)19-10-11-19/h5-9,12,15-16,19,31H,10-11,13-14H2,1-4H3,(H2,27,28,29,30). The molecule has 36 heavy (non-hydrogen) atoms. The minimum absolute atomic E-state index is 0.310. The number of sulfonamides is 1. The maximum absolute atomic E-state index is 12.5. The Morgan fingerprint density at radius 1 is 1.03 bits per heavy atom. The second kappa shape index (κ2) is 11.0. The van der Waals surface area contributed by atoms with Gasteiger partial charge in [0.25, 0.3) is 0 Å². The van der Waals surface area contributed by atoms with Crippen molar-refractivity contribution >= 4 is 60.5 Å². The zero-order chi connectivity index (χ0) is 25.9. The molecule has 3 N–H and O–H groups in total. The van der Waals surface area contributed by atoms with Gasteiger partial charge in [-0.2, -0.15) is 4.98 Å². The van der Waals surface area contributed by atoms with E-state index in [1.807, 2.05) is 12.1 Å². The van der Waals surface area contributed by atoms with Crippen LogP contribution in [0, 0.1) is 6.92 Å². The summed E-state index contributed by atoms with van der Waals surface area (Å²) in [5.74, 6) is 0.937. The molecule has 11 heteroatoms. The van der Waals surface area contributed by atoms with Gasteiger partial charge in [-0.3, -0.25) is 4.72 Å². The zero-order valence-electron chi connectivity index (χ0n) is 20.9. The molecule has 2 aromatic carbocycles. The number of hydrogen-bond donors (Lipinski definition) is 3. The average molecular weight is 575 g/mol. The third-order valence-corrected chi connectivity index (χ3v) is 8.32. The first kappa shape index (κ1) is 26.2. The van der Waals surface area contributed by atoms with E-state index in [1.165, 1.54) is 5.69 Å². The fourth-order valence-electron chi connectivity index (χ4n) is 3.70. The Bertz CT molecular complexity index is 1330. The molecular weight excluding hydrogens is 542 g/mol. The Kier molecular flexibility index (Phi) is 8.01. The molecule has 0 aliphatic heterocycles. The van der Waals surface area contributed by atoms with E-state index in [-0.39, 0.29) is 5.25 Å². The molecule has 0 bridgehead atoms. The van der Waals surface area contributed by atoms with Crippen LogP contribution in [-0.4, -0.2) is 62.8 Å². The summed E-state index contributed by atoms with van der Waals surface area (Å²) in [6.07, 6.45) is 3.05. The molecule has 0 atom stereocenters. The topological polar surface area (TPSA) is 102 Å². The lowest BCUT2D eigenvalue weighted by Gasteiger charge is -2.23. The van der Waals surface area contributed by atoms with Crippen LogP contribution in [0.4, 0.5) is 34.5 Å². The fraction of sp³-hybridized carbons (Fsp3) is 0.360. The summed E-state index contributed by atoms with van der Waals surface area (Å²) in [7, 11) is 2.85. The summed E-state index contributed by atoms with van der Waals surface area (Å²) in [4.78, 5) is 13.4. The number of benzene rings is 2. The van der Waals surface area contributed by atoms with Crippen LogP contribution in [-0.2, 0) is 10.0 Å². The molecule has 1 fully saturated rings. The van der Waals surface area contributed by atoms with Crippen LogP contribution in [0.5, 0.6) is 0 Å². The Morgan fingerprint density at radius 3 is 2.42 bits per heavy atom. The largest absolute Gasteiger partial charge is 0.373 e. The molecule has 192 valence electrons. The first-order chi connectivity index (χ1) is 17.1. The maximum Gasteiger partial charge on any atom is 0.235 e. The summed E-state index contributed by atoms with van der Waals surface area (Å²) in [5, 5.41) is 6.19. The van der Waals surface area contributed by atoms with E-state index in [0.29, 0.717) is 40.5 Å². The van der Waals surface area contributed by atoms with Crippen molar-refractivity contribution in [3.8, 4) is 0 Å². The highest BCUT2D eigenvalue weighted by Crippen LogP contribution is 2.34. The Morgan fingerprint density at radius 2 is 1.75 bits per heavy atom. The first-order valence-corrected chi connectivity index (χ1v) is 14.1. The van der Waals surface area contributed by atoms with Crippen LogP contribution >= 0.6 is 15.9 Å². The number of likely N-dealkylation sites (N-methyl/N-ethyl adjacent to an activating group) is 2. The molecule has 3 aromatic rings. The van der Waals surface area contributed by atoms with E-state index >= 15 is 0 Å². The lowest BCUT2D eigenvalue weighted by atomic mass is 10.1. The highest BCUT2D eigenvalue weighted by atomic mass is 79.9. The van der Waals surface area contributed by atoms with E-state index in [9.17, 15) is 8.42 Å². The Balaban J connectivity index is 1.50. The number of anilines is 6. The normalized spacial score (nSPS) is 13.5. The lowest BCUT2D eigenvalue weighted by molar-refractivity contribution is 0.416. The van der Waals surface area contributed by atoms with Crippen molar-refractivity contribution in [2.75, 3.05) is 54.5 Å². The fourth-order valence-corrected chi connectivity index (χ4v) is 5.40. The van der Waals surface area contributed by atoms with Gasteiger partial charge in [0, 0.05) is 37.7 Å². The van der Waals surface area contributed by atoms with E-state index < -0.39 is 10.0 Å². The number of hydrogen-bond acceptors (Lipinski definition) is 8. The van der Waals surface area contributed by atoms with E-state index in [0.717, 1.165) is 24.3 Å². The van der Waals surface area contributed by atoms with E-state index in [2.05, 4.69) is 91.3 Å². The van der Waals surface area contributed by atoms with Gasteiger partial charge in [0.2, 0.25) is 16.0 Å². The zero-order valence-corrected chi connectivity index (χ0v) is 23.3. The van der Waals surface area contributed by atoms with Gasteiger partial charge in [0.15, 0.2) is 0 Å². The van der Waals surface area contributed by atoms with Gasteiger partial charge in [-0.15, -0.1) is 0 Å². The summed E-state index contributed by atoms with van der Waals surface area (Å²) < 4.78 is 28.3. The average Bonchev–Trinajstić information content (AvgIpc) is 3.67. The van der Waals surface area contributed by atoms with Gasteiger partial charge in [-0.25, -0.2) is 13.4 Å². The van der Waals surface area contributed by atoms with Gasteiger partial charge < -0.3 is 20.4 Å². The van der Waals surface area contributed by atoms with Gasteiger partial charge in [-0.05, 0) is 85.7 Å². The van der Waals surface area contributed by atoms with Crippen molar-refractivity contribution in [2.45, 2.75) is 25.0 Å². The monoisotopic (exact) mass is 573 g/mol. The molecule has 0 amide bonds. The van der Waals surface area contributed by atoms with Crippen LogP contribution in [0.15, 0.2) is 53.1 Å². The molecule has 4 rings (SSSR count). The van der Waals surface area contributed by atoms with Crippen LogP contribution in [0.25, 0.3) is 0 Å². The second-order valence-corrected chi connectivity index (χ2v) is 12.1. The van der Waals surface area contributed by atoms with Crippen molar-refractivity contribution in [1.82, 2.24) is 14.9 Å². The summed E-state index contributed by atoms with van der Waals surface area (Å²) in [6, 6.07) is 13.3. The highest BCUT2D eigenvalue weighted by Gasteiger charge is 2.36. The van der Waals surface area contributed by atoms with Crippen molar-refractivity contribution in [1.29, 1.82) is 0 Å². The number of rotatable bonds is 11. The molecule has 1 aliphatic carbocycles. The number of nitrogens with one attached hydrogen (secondary N) is 3. The van der Waals surface area contributed by atoms with Crippen molar-refractivity contribution in [2.24, 2.45) is 0 Å². The third-order valence-electron chi connectivity index (χ3n) is 5.89. The summed E-state index contributed by atoms with van der Waals surface area (Å²) >= 11 is 3.49. The summed E-state index contributed by atoms with van der Waals surface area (Å²) in [5.41, 5.74) is 4.28. The SMILES string of the molecule is Cc1cc(Nc2ncc(Br)c(Nc3ccccc3NS(=O)(=O)C3CC3)n2)ccc1N(C)CCN(C)C. The molecule has 1 heterocycles. The maximum atomic E-state index is 12.5. The number of halogens is 1. The second-order valence-electron chi connectivity index (χ2n) is 9.26. The van der Waals surface area contributed by atoms with Crippen molar-refractivity contribution in [3.63, 3.8) is 0 Å². The molecule has 0 spiro atoms. The van der Waals surface area contributed by atoms with Crippen LogP contribution < -0.4 is 20.3 Å². The minimum atomic E-state index is -3.39. The smallest absolute Gasteiger partial charge is 0.235 e. The molecule has 0 radical (unpaired) electrons. The molecule has 0 unspecified atom stereocenters. The predicted octanol–water partition coefficient (Wildman–Crippen LogP) is 4.94. The Labute approximate surface area is 221 Å². The molecular formula is C25H32BrN7O2S. The quantitative estimate of drug-likeness (QED) is 0.296. The van der Waals surface area contributed by atoms with Gasteiger partial charge in [0.05, 0.1) is 21.1 Å². The van der Waals surface area contributed by atoms with Crippen LogP contribution in [0.1, 0.15) is 18.4 Å². The van der Waals surface area contributed by atoms with Crippen LogP contribution in [0.3, 0.4) is 0 Å².